The molecule has 0 spiro atoms. The summed E-state index contributed by atoms with van der Waals surface area (Å²) >= 11 is 0. The van der Waals surface area contributed by atoms with Crippen molar-refractivity contribution in [1.29, 1.82) is 0 Å². The quantitative estimate of drug-likeness (QED) is 0.736. The van der Waals surface area contributed by atoms with E-state index < -0.39 is 5.97 Å². The molecule has 4 nitrogen and oxygen atoms in total. The van der Waals surface area contributed by atoms with Gasteiger partial charge in [0, 0.05) is 6.54 Å². The molecule has 0 aliphatic carbocycles. The number of ether oxygens (including phenoxy) is 1. The maximum atomic E-state index is 11.0. The first kappa shape index (κ1) is 10.5. The standard InChI is InChI=1S/C10H13NO3/c1-11-7-3-4-8-5-6-9(14-8)10(12)13-2/h3-6,11H,7H2,1-2H3. The lowest BCUT2D eigenvalue weighted by Gasteiger charge is -1.92. The highest BCUT2D eigenvalue weighted by atomic mass is 16.5. The molecule has 1 rings (SSSR count). The largest absolute Gasteiger partial charge is 0.463 e. The Morgan fingerprint density at radius 1 is 1.64 bits per heavy atom. The van der Waals surface area contributed by atoms with Crippen molar-refractivity contribution in [1.82, 2.24) is 5.32 Å². The van der Waals surface area contributed by atoms with Gasteiger partial charge in [0.1, 0.15) is 5.76 Å². The third kappa shape index (κ3) is 2.74. The second-order valence-electron chi connectivity index (χ2n) is 2.65. The Labute approximate surface area is 82.6 Å². The lowest BCUT2D eigenvalue weighted by atomic mass is 10.4. The van der Waals surface area contributed by atoms with Crippen LogP contribution in [-0.4, -0.2) is 26.7 Å². The van der Waals surface area contributed by atoms with E-state index in [-0.39, 0.29) is 5.76 Å². The van der Waals surface area contributed by atoms with Crippen LogP contribution in [0.5, 0.6) is 0 Å². The Hall–Kier alpha value is -1.55. The minimum atomic E-state index is -0.460. The predicted octanol–water partition coefficient (Wildman–Crippen LogP) is 1.30. The van der Waals surface area contributed by atoms with Crippen molar-refractivity contribution in [3.63, 3.8) is 0 Å². The van der Waals surface area contributed by atoms with E-state index in [1.807, 2.05) is 13.1 Å². The zero-order chi connectivity index (χ0) is 10.4. The Morgan fingerprint density at radius 3 is 3.07 bits per heavy atom. The Bertz CT molecular complexity index is 328. The van der Waals surface area contributed by atoms with Crippen molar-refractivity contribution in [3.05, 3.63) is 29.7 Å². The van der Waals surface area contributed by atoms with E-state index in [4.69, 9.17) is 4.42 Å². The van der Waals surface area contributed by atoms with Crippen LogP contribution in [-0.2, 0) is 4.74 Å². The minimum Gasteiger partial charge on any atom is -0.463 e. The van der Waals surface area contributed by atoms with Crippen molar-refractivity contribution in [3.8, 4) is 0 Å². The monoisotopic (exact) mass is 195 g/mol. The summed E-state index contributed by atoms with van der Waals surface area (Å²) in [5.41, 5.74) is 0. The average Bonchev–Trinajstić information content (AvgIpc) is 2.66. The van der Waals surface area contributed by atoms with Gasteiger partial charge in [0.2, 0.25) is 5.76 Å². The summed E-state index contributed by atoms with van der Waals surface area (Å²) in [4.78, 5) is 11.0. The molecule has 0 atom stereocenters. The number of carbonyl (C=O) groups is 1. The molecule has 4 heteroatoms. The summed E-state index contributed by atoms with van der Waals surface area (Å²) in [5, 5.41) is 2.96. The molecule has 0 radical (unpaired) electrons. The molecule has 1 aromatic rings. The summed E-state index contributed by atoms with van der Waals surface area (Å²) < 4.78 is 9.70. The maximum absolute atomic E-state index is 11.0. The fourth-order valence-electron chi connectivity index (χ4n) is 0.946. The van der Waals surface area contributed by atoms with E-state index in [2.05, 4.69) is 10.1 Å². The van der Waals surface area contributed by atoms with Gasteiger partial charge in [-0.1, -0.05) is 6.08 Å². The van der Waals surface area contributed by atoms with Crippen LogP contribution in [0.1, 0.15) is 16.3 Å². The van der Waals surface area contributed by atoms with Crippen LogP contribution in [0.4, 0.5) is 0 Å². The molecule has 0 aromatic carbocycles. The molecule has 0 aliphatic rings. The van der Waals surface area contributed by atoms with Gasteiger partial charge in [0.25, 0.3) is 0 Å². The van der Waals surface area contributed by atoms with Gasteiger partial charge in [-0.25, -0.2) is 4.79 Å². The van der Waals surface area contributed by atoms with Crippen LogP contribution in [0.25, 0.3) is 6.08 Å². The lowest BCUT2D eigenvalue weighted by Crippen LogP contribution is -2.03. The third-order valence-electron chi connectivity index (χ3n) is 1.62. The molecule has 0 amide bonds. The molecular weight excluding hydrogens is 182 g/mol. The first-order valence-corrected chi connectivity index (χ1v) is 4.27. The number of hydrogen-bond acceptors (Lipinski definition) is 4. The van der Waals surface area contributed by atoms with Crippen molar-refractivity contribution in [2.24, 2.45) is 0 Å². The smallest absolute Gasteiger partial charge is 0.373 e. The molecule has 0 saturated heterocycles. The molecule has 0 fully saturated rings. The molecule has 0 saturated carbocycles. The molecule has 0 aliphatic heterocycles. The average molecular weight is 195 g/mol. The normalized spacial score (nSPS) is 10.7. The fraction of sp³-hybridized carbons (Fsp3) is 0.300. The van der Waals surface area contributed by atoms with E-state index in [0.717, 1.165) is 6.54 Å². The van der Waals surface area contributed by atoms with Crippen LogP contribution in [0.15, 0.2) is 22.6 Å². The van der Waals surface area contributed by atoms with Gasteiger partial charge >= 0.3 is 5.97 Å². The second kappa shape index (κ2) is 5.24. The topological polar surface area (TPSA) is 51.5 Å². The van der Waals surface area contributed by atoms with Gasteiger partial charge in [-0.15, -0.1) is 0 Å². The molecule has 1 N–H and O–H groups in total. The van der Waals surface area contributed by atoms with Gasteiger partial charge in [-0.2, -0.15) is 0 Å². The number of likely N-dealkylation sites (N-methyl/N-ethyl adjacent to an activating group) is 1. The number of hydrogen-bond donors (Lipinski definition) is 1. The number of esters is 1. The molecule has 1 aromatic heterocycles. The van der Waals surface area contributed by atoms with Crippen LogP contribution in [0.3, 0.4) is 0 Å². The van der Waals surface area contributed by atoms with Crippen molar-refractivity contribution < 1.29 is 13.9 Å². The zero-order valence-corrected chi connectivity index (χ0v) is 8.24. The van der Waals surface area contributed by atoms with Gasteiger partial charge in [-0.3, -0.25) is 0 Å². The highest BCUT2D eigenvalue weighted by Crippen LogP contribution is 2.10. The zero-order valence-electron chi connectivity index (χ0n) is 8.24. The third-order valence-corrected chi connectivity index (χ3v) is 1.62. The van der Waals surface area contributed by atoms with Crippen molar-refractivity contribution >= 4 is 12.0 Å². The molecule has 1 heterocycles. The number of nitrogens with one attached hydrogen (secondary N) is 1. The summed E-state index contributed by atoms with van der Waals surface area (Å²) in [6.07, 6.45) is 3.70. The van der Waals surface area contributed by atoms with Crippen molar-refractivity contribution in [2.45, 2.75) is 0 Å². The van der Waals surface area contributed by atoms with Crippen LogP contribution in [0.2, 0.25) is 0 Å². The number of rotatable bonds is 4. The van der Waals surface area contributed by atoms with Gasteiger partial charge < -0.3 is 14.5 Å². The van der Waals surface area contributed by atoms with Crippen LogP contribution < -0.4 is 5.32 Å². The summed E-state index contributed by atoms with van der Waals surface area (Å²) in [7, 11) is 3.17. The second-order valence-corrected chi connectivity index (χ2v) is 2.65. The lowest BCUT2D eigenvalue weighted by molar-refractivity contribution is 0.0564. The molecular formula is C10H13NO3. The predicted molar refractivity (Wildman–Crippen MR) is 53.0 cm³/mol. The van der Waals surface area contributed by atoms with Gasteiger partial charge in [-0.05, 0) is 25.3 Å². The number of furan rings is 1. The Kier molecular flexibility index (Phi) is 3.94. The van der Waals surface area contributed by atoms with Gasteiger partial charge in [0.05, 0.1) is 7.11 Å². The number of carbonyl (C=O) groups excluding carboxylic acids is 1. The SMILES string of the molecule is CNCC=Cc1ccc(C(=O)OC)o1. The first-order valence-electron chi connectivity index (χ1n) is 4.27. The van der Waals surface area contributed by atoms with Crippen molar-refractivity contribution in [2.75, 3.05) is 20.7 Å². The molecule has 76 valence electrons. The highest BCUT2D eigenvalue weighted by molar-refractivity contribution is 5.86. The molecule has 0 unspecified atom stereocenters. The first-order chi connectivity index (χ1) is 6.77. The molecule has 14 heavy (non-hydrogen) atoms. The summed E-state index contributed by atoms with van der Waals surface area (Å²) in [5.74, 6) is 0.399. The van der Waals surface area contributed by atoms with E-state index in [9.17, 15) is 4.79 Å². The van der Waals surface area contributed by atoms with Crippen LogP contribution >= 0.6 is 0 Å². The molecule has 0 bridgehead atoms. The number of methoxy groups -OCH3 is 1. The van der Waals surface area contributed by atoms with E-state index in [1.54, 1.807) is 18.2 Å². The Balaban J connectivity index is 2.63. The van der Waals surface area contributed by atoms with E-state index in [0.29, 0.717) is 5.76 Å². The van der Waals surface area contributed by atoms with Crippen LogP contribution in [0, 0.1) is 0 Å². The fourth-order valence-corrected chi connectivity index (χ4v) is 0.946. The van der Waals surface area contributed by atoms with E-state index >= 15 is 0 Å². The highest BCUT2D eigenvalue weighted by Gasteiger charge is 2.08. The van der Waals surface area contributed by atoms with Gasteiger partial charge in [0.15, 0.2) is 0 Å². The summed E-state index contributed by atoms with van der Waals surface area (Å²) in [6.45, 7) is 0.758. The Morgan fingerprint density at radius 2 is 2.43 bits per heavy atom. The van der Waals surface area contributed by atoms with E-state index in [1.165, 1.54) is 7.11 Å². The maximum Gasteiger partial charge on any atom is 0.373 e. The summed E-state index contributed by atoms with van der Waals surface area (Å²) in [6, 6.07) is 3.31. The minimum absolute atomic E-state index is 0.219.